The number of alkyl halides is 3. The van der Waals surface area contributed by atoms with E-state index in [0.29, 0.717) is 16.7 Å². The largest absolute Gasteiger partial charge is 0.573 e. The normalized spacial score (nSPS) is 13.2. The van der Waals surface area contributed by atoms with Crippen LogP contribution in [0.5, 0.6) is 5.75 Å². The maximum Gasteiger partial charge on any atom is 0.573 e. The molecule has 6 nitrogen and oxygen atoms in total. The van der Waals surface area contributed by atoms with E-state index in [2.05, 4.69) is 10.1 Å². The molecule has 1 aliphatic rings. The van der Waals surface area contributed by atoms with Gasteiger partial charge in [-0.25, -0.2) is 0 Å². The van der Waals surface area contributed by atoms with Crippen molar-refractivity contribution >= 4 is 23.4 Å². The molecule has 3 aromatic carbocycles. The fraction of sp³-hybridized carbons (Fsp3) is 0.0870. The highest BCUT2D eigenvalue weighted by molar-refractivity contribution is 6.21. The first-order valence-corrected chi connectivity index (χ1v) is 9.42. The number of ether oxygens (including phenoxy) is 1. The molecule has 162 valence electrons. The Kier molecular flexibility index (Phi) is 5.40. The van der Waals surface area contributed by atoms with Crippen LogP contribution >= 0.6 is 0 Å². The van der Waals surface area contributed by atoms with Gasteiger partial charge in [0.2, 0.25) is 0 Å². The number of carbonyl (C=O) groups is 3. The van der Waals surface area contributed by atoms with Gasteiger partial charge in [-0.3, -0.25) is 19.3 Å². The zero-order valence-corrected chi connectivity index (χ0v) is 16.3. The van der Waals surface area contributed by atoms with E-state index in [9.17, 15) is 27.6 Å². The Hall–Kier alpha value is -4.14. The van der Waals surface area contributed by atoms with Gasteiger partial charge in [-0.15, -0.1) is 13.2 Å². The Labute approximate surface area is 180 Å². The lowest BCUT2D eigenvalue weighted by Gasteiger charge is -2.14. The fourth-order valence-corrected chi connectivity index (χ4v) is 3.32. The molecule has 3 aromatic rings. The number of benzene rings is 3. The van der Waals surface area contributed by atoms with Gasteiger partial charge in [-0.05, 0) is 54.1 Å². The minimum absolute atomic E-state index is 0.00303. The van der Waals surface area contributed by atoms with Gasteiger partial charge in [0.25, 0.3) is 17.7 Å². The molecule has 0 fully saturated rings. The number of nitrogens with zero attached hydrogens (tertiary/aromatic N) is 1. The van der Waals surface area contributed by atoms with Crippen LogP contribution in [0.25, 0.3) is 0 Å². The summed E-state index contributed by atoms with van der Waals surface area (Å²) in [6.07, 6.45) is -4.80. The second kappa shape index (κ2) is 8.18. The van der Waals surface area contributed by atoms with Crippen LogP contribution in [-0.4, -0.2) is 29.0 Å². The number of hydrogen-bond donors (Lipinski definition) is 1. The third-order valence-electron chi connectivity index (χ3n) is 4.75. The fourth-order valence-electron chi connectivity index (χ4n) is 3.32. The summed E-state index contributed by atoms with van der Waals surface area (Å²) >= 11 is 0. The average molecular weight is 440 g/mol. The third-order valence-corrected chi connectivity index (χ3v) is 4.75. The van der Waals surface area contributed by atoms with Crippen molar-refractivity contribution < 1.29 is 32.3 Å². The summed E-state index contributed by atoms with van der Waals surface area (Å²) in [5.41, 5.74) is 1.78. The van der Waals surface area contributed by atoms with Crippen LogP contribution in [0, 0.1) is 0 Å². The predicted octanol–water partition coefficient (Wildman–Crippen LogP) is 4.63. The highest BCUT2D eigenvalue weighted by Gasteiger charge is 2.35. The molecular formula is C23H15F3N2O4. The molecule has 0 aliphatic carbocycles. The van der Waals surface area contributed by atoms with Gasteiger partial charge >= 0.3 is 6.36 Å². The number of halogens is 3. The molecule has 3 amide bonds. The maximum atomic E-state index is 12.6. The van der Waals surface area contributed by atoms with E-state index in [1.165, 1.54) is 12.1 Å². The zero-order valence-electron chi connectivity index (χ0n) is 16.3. The monoisotopic (exact) mass is 440 g/mol. The first-order valence-electron chi connectivity index (χ1n) is 9.42. The molecule has 32 heavy (non-hydrogen) atoms. The van der Waals surface area contributed by atoms with Gasteiger partial charge in [0.1, 0.15) is 5.75 Å². The van der Waals surface area contributed by atoms with Gasteiger partial charge in [-0.1, -0.05) is 24.3 Å². The average Bonchev–Trinajstić information content (AvgIpc) is 2.99. The first kappa shape index (κ1) is 21.1. The summed E-state index contributed by atoms with van der Waals surface area (Å²) in [6.45, 7) is -0.00303. The molecule has 4 rings (SSSR count). The van der Waals surface area contributed by atoms with E-state index in [-0.39, 0.29) is 17.8 Å². The van der Waals surface area contributed by atoms with Crippen LogP contribution in [0.2, 0.25) is 0 Å². The zero-order chi connectivity index (χ0) is 22.9. The van der Waals surface area contributed by atoms with Gasteiger partial charge < -0.3 is 10.1 Å². The summed E-state index contributed by atoms with van der Waals surface area (Å²) in [7, 11) is 0. The third kappa shape index (κ3) is 4.46. The van der Waals surface area contributed by atoms with Crippen molar-refractivity contribution in [2.45, 2.75) is 12.9 Å². The van der Waals surface area contributed by atoms with Crippen molar-refractivity contribution in [3.63, 3.8) is 0 Å². The standard InChI is InChI=1S/C23H15F3N2O4/c24-23(25,26)32-17-10-8-16(9-11-17)27-20(29)15-5-3-4-14(12-15)13-28-21(30)18-6-1-2-7-19(18)22(28)31/h1-12H,13H2,(H,27,29). The second-order valence-electron chi connectivity index (χ2n) is 6.97. The second-order valence-corrected chi connectivity index (χ2v) is 6.97. The highest BCUT2D eigenvalue weighted by atomic mass is 19.4. The van der Waals surface area contributed by atoms with E-state index < -0.39 is 29.8 Å². The summed E-state index contributed by atoms with van der Waals surface area (Å²) < 4.78 is 40.5. The van der Waals surface area contributed by atoms with Crippen LogP contribution in [0.4, 0.5) is 18.9 Å². The molecular weight excluding hydrogens is 425 g/mol. The van der Waals surface area contributed by atoms with E-state index >= 15 is 0 Å². The number of rotatable bonds is 5. The first-order chi connectivity index (χ1) is 15.2. The van der Waals surface area contributed by atoms with Crippen LogP contribution in [0.1, 0.15) is 36.6 Å². The number of carbonyl (C=O) groups excluding carboxylic acids is 3. The number of amides is 3. The number of anilines is 1. The molecule has 0 radical (unpaired) electrons. The lowest BCUT2D eigenvalue weighted by Crippen LogP contribution is -2.29. The topological polar surface area (TPSA) is 75.7 Å². The lowest BCUT2D eigenvalue weighted by molar-refractivity contribution is -0.274. The molecule has 0 bridgehead atoms. The summed E-state index contributed by atoms with van der Waals surface area (Å²) in [5, 5.41) is 2.58. The van der Waals surface area contributed by atoms with Crippen molar-refractivity contribution in [1.82, 2.24) is 4.90 Å². The van der Waals surface area contributed by atoms with E-state index in [0.717, 1.165) is 17.0 Å². The molecule has 9 heteroatoms. The number of hydrogen-bond acceptors (Lipinski definition) is 4. The minimum atomic E-state index is -4.80. The summed E-state index contributed by atoms with van der Waals surface area (Å²) in [6, 6.07) is 17.6. The molecule has 1 aliphatic heterocycles. The number of nitrogens with one attached hydrogen (secondary N) is 1. The quantitative estimate of drug-likeness (QED) is 0.587. The Morgan fingerprint density at radius 3 is 2.09 bits per heavy atom. The van der Waals surface area contributed by atoms with Crippen molar-refractivity contribution in [2.24, 2.45) is 0 Å². The number of fused-ring (bicyclic) bond motifs is 1. The van der Waals surface area contributed by atoms with Crippen molar-refractivity contribution in [1.29, 1.82) is 0 Å². The van der Waals surface area contributed by atoms with E-state index in [4.69, 9.17) is 0 Å². The molecule has 0 aromatic heterocycles. The highest BCUT2D eigenvalue weighted by Crippen LogP contribution is 2.26. The van der Waals surface area contributed by atoms with Gasteiger partial charge in [0, 0.05) is 11.3 Å². The number of imide groups is 1. The van der Waals surface area contributed by atoms with Crippen molar-refractivity contribution in [2.75, 3.05) is 5.32 Å². The summed E-state index contributed by atoms with van der Waals surface area (Å²) in [4.78, 5) is 38.7. The van der Waals surface area contributed by atoms with Gasteiger partial charge in [0.15, 0.2) is 0 Å². The van der Waals surface area contributed by atoms with Crippen LogP contribution in [0.15, 0.2) is 72.8 Å². The Morgan fingerprint density at radius 2 is 1.50 bits per heavy atom. The molecule has 1 heterocycles. The van der Waals surface area contributed by atoms with Crippen LogP contribution in [-0.2, 0) is 6.54 Å². The smallest absolute Gasteiger partial charge is 0.406 e. The summed E-state index contributed by atoms with van der Waals surface area (Å²) in [5.74, 6) is -1.71. The molecule has 0 unspecified atom stereocenters. The predicted molar refractivity (Wildman–Crippen MR) is 108 cm³/mol. The van der Waals surface area contributed by atoms with Crippen molar-refractivity contribution in [3.8, 4) is 5.75 Å². The van der Waals surface area contributed by atoms with Crippen LogP contribution < -0.4 is 10.1 Å². The minimum Gasteiger partial charge on any atom is -0.406 e. The molecule has 0 saturated heterocycles. The Bertz CT molecular complexity index is 1170. The van der Waals surface area contributed by atoms with Gasteiger partial charge in [-0.2, -0.15) is 0 Å². The molecule has 0 atom stereocenters. The van der Waals surface area contributed by atoms with Crippen molar-refractivity contribution in [3.05, 3.63) is 95.1 Å². The van der Waals surface area contributed by atoms with E-state index in [1.54, 1.807) is 48.5 Å². The van der Waals surface area contributed by atoms with Crippen LogP contribution in [0.3, 0.4) is 0 Å². The molecule has 1 N–H and O–H groups in total. The van der Waals surface area contributed by atoms with Gasteiger partial charge in [0.05, 0.1) is 17.7 Å². The maximum absolute atomic E-state index is 12.6. The molecule has 0 saturated carbocycles. The van der Waals surface area contributed by atoms with E-state index in [1.807, 2.05) is 0 Å². The SMILES string of the molecule is O=C(Nc1ccc(OC(F)(F)F)cc1)c1cccc(CN2C(=O)c3ccccc3C2=O)c1. The Balaban J connectivity index is 1.45. The Morgan fingerprint density at radius 1 is 0.875 bits per heavy atom. The lowest BCUT2D eigenvalue weighted by atomic mass is 10.1. The molecule has 0 spiro atoms.